The average molecular weight is 301 g/mol. The van der Waals surface area contributed by atoms with E-state index in [0.29, 0.717) is 25.9 Å². The molecular weight excluding hydrogens is 278 g/mol. The van der Waals surface area contributed by atoms with Gasteiger partial charge in [-0.15, -0.1) is 0 Å². The van der Waals surface area contributed by atoms with E-state index in [0.717, 1.165) is 19.4 Å². The highest BCUT2D eigenvalue weighted by Crippen LogP contribution is 2.50. The summed E-state index contributed by atoms with van der Waals surface area (Å²) in [5.41, 5.74) is 0.227. The summed E-state index contributed by atoms with van der Waals surface area (Å²) in [5.74, 6) is -0.250. The summed E-state index contributed by atoms with van der Waals surface area (Å²) in [4.78, 5) is 24.8. The van der Waals surface area contributed by atoms with Gasteiger partial charge in [-0.1, -0.05) is 30.3 Å². The zero-order valence-electron chi connectivity index (χ0n) is 13.1. The van der Waals surface area contributed by atoms with Crippen LogP contribution < -0.4 is 5.32 Å². The summed E-state index contributed by atoms with van der Waals surface area (Å²) in [7, 11) is 0. The molecule has 3 aliphatic carbocycles. The molecule has 0 aromatic heterocycles. The number of rotatable bonds is 5. The van der Waals surface area contributed by atoms with Crippen LogP contribution in [0.5, 0.6) is 0 Å². The number of fused-ring (bicyclic) bond motifs is 3. The molecule has 4 nitrogen and oxygen atoms in total. The van der Waals surface area contributed by atoms with Gasteiger partial charge in [0.25, 0.3) is 0 Å². The summed E-state index contributed by atoms with van der Waals surface area (Å²) >= 11 is 0. The summed E-state index contributed by atoms with van der Waals surface area (Å²) < 4.78 is 5.15. The van der Waals surface area contributed by atoms with E-state index >= 15 is 0 Å². The maximum absolute atomic E-state index is 12.6. The molecule has 3 fully saturated rings. The quantitative estimate of drug-likeness (QED) is 0.671. The summed E-state index contributed by atoms with van der Waals surface area (Å²) in [6.07, 6.45) is 3.41. The first-order chi connectivity index (χ1) is 10.6. The molecule has 0 saturated heterocycles. The van der Waals surface area contributed by atoms with Crippen LogP contribution in [0.15, 0.2) is 30.3 Å². The molecule has 0 heterocycles. The molecule has 3 saturated carbocycles. The van der Waals surface area contributed by atoms with Crippen LogP contribution in [0.3, 0.4) is 0 Å². The molecule has 4 rings (SSSR count). The minimum atomic E-state index is -0.855. The van der Waals surface area contributed by atoms with E-state index in [-0.39, 0.29) is 17.3 Å². The maximum Gasteiger partial charge on any atom is 0.319 e. The predicted molar refractivity (Wildman–Crippen MR) is 83.2 cm³/mol. The number of carbonyl (C=O) groups is 2. The van der Waals surface area contributed by atoms with E-state index in [4.69, 9.17) is 4.74 Å². The lowest BCUT2D eigenvalue weighted by Gasteiger charge is -2.51. The second-order valence-corrected chi connectivity index (χ2v) is 6.52. The number of nitrogens with one attached hydrogen (secondary N) is 1. The molecule has 0 radical (unpaired) electrons. The third-order valence-electron chi connectivity index (χ3n) is 5.27. The summed E-state index contributed by atoms with van der Waals surface area (Å²) in [6.45, 7) is 2.89. The highest BCUT2D eigenvalue weighted by molar-refractivity contribution is 6.05. The molecule has 0 aliphatic heterocycles. The van der Waals surface area contributed by atoms with Crippen molar-refractivity contribution in [2.75, 3.05) is 6.61 Å². The highest BCUT2D eigenvalue weighted by atomic mass is 16.5. The van der Waals surface area contributed by atoms with Crippen molar-refractivity contribution in [3.05, 3.63) is 35.9 Å². The number of ether oxygens (including phenoxy) is 1. The minimum Gasteiger partial charge on any atom is -0.465 e. The first-order valence-corrected chi connectivity index (χ1v) is 8.10. The largest absolute Gasteiger partial charge is 0.465 e. The van der Waals surface area contributed by atoms with Crippen LogP contribution in [0.2, 0.25) is 0 Å². The van der Waals surface area contributed by atoms with Crippen LogP contribution in [0, 0.1) is 5.41 Å². The fraction of sp³-hybridized carbons (Fsp3) is 0.556. The first-order valence-electron chi connectivity index (χ1n) is 8.10. The fourth-order valence-corrected chi connectivity index (χ4v) is 3.80. The van der Waals surface area contributed by atoms with Gasteiger partial charge in [0.15, 0.2) is 5.78 Å². The van der Waals surface area contributed by atoms with Crippen LogP contribution >= 0.6 is 0 Å². The van der Waals surface area contributed by atoms with Crippen molar-refractivity contribution in [3.63, 3.8) is 0 Å². The number of Topliss-reactive ketones (excluding diaryl/α,β-unsaturated/α-hetero) is 1. The fourth-order valence-electron chi connectivity index (χ4n) is 3.80. The third kappa shape index (κ3) is 2.56. The Morgan fingerprint density at radius 2 is 1.86 bits per heavy atom. The lowest BCUT2D eigenvalue weighted by Crippen LogP contribution is -2.61. The molecule has 0 atom stereocenters. The van der Waals surface area contributed by atoms with E-state index in [9.17, 15) is 9.59 Å². The zero-order chi connectivity index (χ0) is 15.6. The SMILES string of the molecule is CCOC(=O)C12CCC(NCc3ccccc3)(CC1)CC2=O. The van der Waals surface area contributed by atoms with Gasteiger partial charge in [-0.3, -0.25) is 9.59 Å². The number of hydrogen-bond acceptors (Lipinski definition) is 4. The molecule has 0 spiro atoms. The van der Waals surface area contributed by atoms with Gasteiger partial charge in [-0.05, 0) is 38.2 Å². The zero-order valence-corrected chi connectivity index (χ0v) is 13.1. The number of esters is 1. The topological polar surface area (TPSA) is 55.4 Å². The smallest absolute Gasteiger partial charge is 0.319 e. The first kappa shape index (κ1) is 15.2. The molecule has 1 N–H and O–H groups in total. The highest BCUT2D eigenvalue weighted by Gasteiger charge is 2.58. The van der Waals surface area contributed by atoms with Gasteiger partial charge in [0.05, 0.1) is 6.61 Å². The van der Waals surface area contributed by atoms with E-state index in [2.05, 4.69) is 17.4 Å². The summed E-state index contributed by atoms with van der Waals surface area (Å²) in [6, 6.07) is 10.2. The van der Waals surface area contributed by atoms with Crippen LogP contribution in [-0.2, 0) is 20.9 Å². The van der Waals surface area contributed by atoms with Gasteiger partial charge in [0, 0.05) is 18.5 Å². The van der Waals surface area contributed by atoms with Crippen molar-refractivity contribution in [1.29, 1.82) is 0 Å². The molecular formula is C18H23NO3. The lowest BCUT2D eigenvalue weighted by molar-refractivity contribution is -0.168. The third-order valence-corrected chi connectivity index (χ3v) is 5.27. The number of ketones is 1. The van der Waals surface area contributed by atoms with Crippen molar-refractivity contribution in [3.8, 4) is 0 Å². The molecule has 4 heteroatoms. The molecule has 22 heavy (non-hydrogen) atoms. The number of hydrogen-bond donors (Lipinski definition) is 1. The van der Waals surface area contributed by atoms with Crippen molar-refractivity contribution >= 4 is 11.8 Å². The van der Waals surface area contributed by atoms with Crippen molar-refractivity contribution in [1.82, 2.24) is 5.32 Å². The van der Waals surface area contributed by atoms with Crippen LogP contribution in [-0.4, -0.2) is 23.9 Å². The van der Waals surface area contributed by atoms with E-state index in [1.807, 2.05) is 18.2 Å². The lowest BCUT2D eigenvalue weighted by atomic mass is 9.56. The van der Waals surface area contributed by atoms with Gasteiger partial charge < -0.3 is 10.1 Å². The van der Waals surface area contributed by atoms with Gasteiger partial charge in [-0.25, -0.2) is 0 Å². The van der Waals surface area contributed by atoms with Gasteiger partial charge >= 0.3 is 5.97 Å². The van der Waals surface area contributed by atoms with Crippen LogP contribution in [0.1, 0.15) is 44.6 Å². The van der Waals surface area contributed by atoms with Gasteiger partial charge in [-0.2, -0.15) is 0 Å². The van der Waals surface area contributed by atoms with Crippen LogP contribution in [0.4, 0.5) is 0 Å². The standard InChI is InChI=1S/C18H23NO3/c1-2-22-16(21)18-10-8-17(9-11-18,12-15(18)20)19-13-14-6-4-3-5-7-14/h3-7,19H,2,8-13H2,1H3. The normalized spacial score (nSPS) is 30.3. The van der Waals surface area contributed by atoms with E-state index < -0.39 is 5.41 Å². The van der Waals surface area contributed by atoms with Crippen LogP contribution in [0.25, 0.3) is 0 Å². The Morgan fingerprint density at radius 1 is 1.18 bits per heavy atom. The van der Waals surface area contributed by atoms with Crippen molar-refractivity contribution in [2.24, 2.45) is 5.41 Å². The Bertz CT molecular complexity index is 559. The maximum atomic E-state index is 12.6. The number of benzene rings is 1. The second-order valence-electron chi connectivity index (χ2n) is 6.52. The molecule has 118 valence electrons. The van der Waals surface area contributed by atoms with E-state index in [1.54, 1.807) is 6.92 Å². The van der Waals surface area contributed by atoms with Crippen molar-refractivity contribution in [2.45, 2.75) is 51.1 Å². The molecule has 0 amide bonds. The van der Waals surface area contributed by atoms with Gasteiger partial charge in [0.1, 0.15) is 5.41 Å². The Morgan fingerprint density at radius 3 is 2.45 bits per heavy atom. The molecule has 2 bridgehead atoms. The molecule has 0 unspecified atom stereocenters. The second kappa shape index (κ2) is 5.84. The predicted octanol–water partition coefficient (Wildman–Crippen LogP) is 2.61. The Hall–Kier alpha value is -1.68. The van der Waals surface area contributed by atoms with E-state index in [1.165, 1.54) is 5.56 Å². The van der Waals surface area contributed by atoms with Crippen molar-refractivity contribution < 1.29 is 14.3 Å². The Balaban J connectivity index is 1.68. The minimum absolute atomic E-state index is 0.0593. The molecule has 3 aliphatic rings. The Labute approximate surface area is 131 Å². The number of carbonyl (C=O) groups excluding carboxylic acids is 2. The summed E-state index contributed by atoms with van der Waals surface area (Å²) in [5, 5.41) is 3.58. The van der Waals surface area contributed by atoms with Gasteiger partial charge in [0.2, 0.25) is 0 Å². The molecule has 1 aromatic rings. The monoisotopic (exact) mass is 301 g/mol. The Kier molecular flexibility index (Phi) is 4.04. The average Bonchev–Trinajstić information content (AvgIpc) is 2.55. The molecule has 1 aromatic carbocycles.